The van der Waals surface area contributed by atoms with Crippen molar-refractivity contribution >= 4 is 22.5 Å². The highest BCUT2D eigenvalue weighted by Gasteiger charge is 2.34. The van der Waals surface area contributed by atoms with Crippen molar-refractivity contribution in [1.82, 2.24) is 9.55 Å². The number of alkyl halides is 3. The first kappa shape index (κ1) is 18.6. The third-order valence-corrected chi connectivity index (χ3v) is 3.92. The van der Waals surface area contributed by atoms with E-state index in [9.17, 15) is 27.2 Å². The Labute approximate surface area is 150 Å². The van der Waals surface area contributed by atoms with Crippen molar-refractivity contribution in [3.8, 4) is 0 Å². The van der Waals surface area contributed by atoms with Gasteiger partial charge in [-0.25, -0.2) is 9.37 Å². The third-order valence-electron chi connectivity index (χ3n) is 3.92. The summed E-state index contributed by atoms with van der Waals surface area (Å²) in [6, 6.07) is 7.17. The zero-order valence-corrected chi connectivity index (χ0v) is 14.0. The first-order valence-electron chi connectivity index (χ1n) is 7.78. The molecule has 0 radical (unpaired) electrons. The van der Waals surface area contributed by atoms with Crippen LogP contribution >= 0.6 is 0 Å². The second-order valence-corrected chi connectivity index (χ2v) is 5.89. The minimum absolute atomic E-state index is 0.230. The van der Waals surface area contributed by atoms with Crippen molar-refractivity contribution < 1.29 is 22.4 Å². The topological polar surface area (TPSA) is 64.0 Å². The number of carbonyl (C=O) groups excluding carboxylic acids is 1. The molecular weight excluding hydrogens is 366 g/mol. The first-order valence-corrected chi connectivity index (χ1v) is 7.78. The van der Waals surface area contributed by atoms with Gasteiger partial charge in [0.2, 0.25) is 5.91 Å². The number of nitrogens with one attached hydrogen (secondary N) is 1. The molecule has 0 saturated heterocycles. The van der Waals surface area contributed by atoms with Crippen LogP contribution in [0.1, 0.15) is 11.1 Å². The Morgan fingerprint density at radius 1 is 1.22 bits per heavy atom. The number of aromatic nitrogens is 2. The van der Waals surface area contributed by atoms with Crippen LogP contribution in [0.25, 0.3) is 10.9 Å². The third kappa shape index (κ3) is 3.81. The highest BCUT2D eigenvalue weighted by molar-refractivity contribution is 5.91. The Bertz CT molecular complexity index is 1090. The quantitative estimate of drug-likeness (QED) is 0.709. The van der Waals surface area contributed by atoms with Crippen molar-refractivity contribution in [3.63, 3.8) is 0 Å². The van der Waals surface area contributed by atoms with Crippen molar-refractivity contribution in [3.05, 3.63) is 70.0 Å². The molecule has 2 aromatic carbocycles. The molecule has 1 aromatic heterocycles. The molecule has 1 N–H and O–H groups in total. The van der Waals surface area contributed by atoms with Crippen LogP contribution in [0.2, 0.25) is 0 Å². The van der Waals surface area contributed by atoms with Crippen LogP contribution in [-0.4, -0.2) is 15.5 Å². The van der Waals surface area contributed by atoms with E-state index >= 15 is 0 Å². The summed E-state index contributed by atoms with van der Waals surface area (Å²) in [6.07, 6.45) is -3.69. The zero-order chi connectivity index (χ0) is 19.8. The number of hydrogen-bond acceptors (Lipinski definition) is 3. The molecule has 5 nitrogen and oxygen atoms in total. The lowest BCUT2D eigenvalue weighted by atomic mass is 10.1. The van der Waals surface area contributed by atoms with Gasteiger partial charge in [0.05, 0.1) is 22.8 Å². The summed E-state index contributed by atoms with van der Waals surface area (Å²) in [5.41, 5.74) is -0.861. The molecule has 140 valence electrons. The van der Waals surface area contributed by atoms with E-state index in [0.717, 1.165) is 16.2 Å². The molecule has 1 amide bonds. The van der Waals surface area contributed by atoms with Crippen LogP contribution < -0.4 is 10.9 Å². The maximum absolute atomic E-state index is 13.3. The van der Waals surface area contributed by atoms with E-state index in [0.29, 0.717) is 23.0 Å². The number of benzene rings is 2. The number of para-hydroxylation sites is 1. The van der Waals surface area contributed by atoms with E-state index in [-0.39, 0.29) is 5.69 Å². The van der Waals surface area contributed by atoms with E-state index in [4.69, 9.17) is 0 Å². The molecule has 0 aliphatic heterocycles. The predicted molar refractivity (Wildman–Crippen MR) is 90.8 cm³/mol. The number of fused-ring (bicyclic) bond motifs is 1. The molecule has 1 heterocycles. The van der Waals surface area contributed by atoms with Gasteiger partial charge >= 0.3 is 6.18 Å². The number of rotatable bonds is 3. The average molecular weight is 379 g/mol. The molecule has 0 spiro atoms. The SMILES string of the molecule is Cc1cccc2c(=O)n(CC(=O)Nc3ccc(F)c(C(F)(F)F)c3)cnc12. The van der Waals surface area contributed by atoms with Crippen molar-refractivity contribution in [2.45, 2.75) is 19.6 Å². The lowest BCUT2D eigenvalue weighted by Crippen LogP contribution is -2.28. The second-order valence-electron chi connectivity index (χ2n) is 5.89. The molecular formula is C18H13F4N3O2. The zero-order valence-electron chi connectivity index (χ0n) is 14.0. The van der Waals surface area contributed by atoms with E-state index in [1.54, 1.807) is 25.1 Å². The Kier molecular flexibility index (Phi) is 4.69. The summed E-state index contributed by atoms with van der Waals surface area (Å²) >= 11 is 0. The summed E-state index contributed by atoms with van der Waals surface area (Å²) in [7, 11) is 0. The van der Waals surface area contributed by atoms with E-state index in [2.05, 4.69) is 10.3 Å². The fourth-order valence-electron chi connectivity index (χ4n) is 2.63. The van der Waals surface area contributed by atoms with Gasteiger partial charge in [0.15, 0.2) is 0 Å². The summed E-state index contributed by atoms with van der Waals surface area (Å²) in [6.45, 7) is 1.34. The summed E-state index contributed by atoms with van der Waals surface area (Å²) in [5.74, 6) is -2.18. The number of halogens is 4. The van der Waals surface area contributed by atoms with Crippen molar-refractivity contribution in [2.75, 3.05) is 5.32 Å². The lowest BCUT2D eigenvalue weighted by molar-refractivity contribution is -0.140. The normalized spacial score (nSPS) is 11.6. The maximum Gasteiger partial charge on any atom is 0.419 e. The molecule has 3 rings (SSSR count). The Balaban J connectivity index is 1.84. The minimum Gasteiger partial charge on any atom is -0.325 e. The van der Waals surface area contributed by atoms with Gasteiger partial charge in [-0.15, -0.1) is 0 Å². The second kappa shape index (κ2) is 6.82. The van der Waals surface area contributed by atoms with Gasteiger partial charge in [-0.1, -0.05) is 12.1 Å². The molecule has 0 aliphatic carbocycles. The summed E-state index contributed by atoms with van der Waals surface area (Å²) < 4.78 is 52.6. The van der Waals surface area contributed by atoms with Crippen LogP contribution in [0.4, 0.5) is 23.2 Å². The van der Waals surface area contributed by atoms with Gasteiger partial charge in [0.25, 0.3) is 5.56 Å². The monoisotopic (exact) mass is 379 g/mol. The fraction of sp³-hybridized carbons (Fsp3) is 0.167. The fourth-order valence-corrected chi connectivity index (χ4v) is 2.63. The van der Waals surface area contributed by atoms with Gasteiger partial charge in [0.1, 0.15) is 12.4 Å². The van der Waals surface area contributed by atoms with Gasteiger partial charge in [0, 0.05) is 5.69 Å². The molecule has 0 fully saturated rings. The van der Waals surface area contributed by atoms with Crippen LogP contribution in [0.5, 0.6) is 0 Å². The number of hydrogen-bond donors (Lipinski definition) is 1. The summed E-state index contributed by atoms with van der Waals surface area (Å²) in [5, 5.41) is 2.55. The van der Waals surface area contributed by atoms with E-state index < -0.39 is 35.6 Å². The molecule has 0 atom stereocenters. The molecule has 9 heteroatoms. The highest BCUT2D eigenvalue weighted by Crippen LogP contribution is 2.32. The number of nitrogens with zero attached hydrogens (tertiary/aromatic N) is 2. The van der Waals surface area contributed by atoms with Crippen LogP contribution in [0.3, 0.4) is 0 Å². The number of aryl methyl sites for hydroxylation is 1. The first-order chi connectivity index (χ1) is 12.7. The van der Waals surface area contributed by atoms with Crippen LogP contribution in [0.15, 0.2) is 47.5 Å². The number of anilines is 1. The largest absolute Gasteiger partial charge is 0.419 e. The lowest BCUT2D eigenvalue weighted by Gasteiger charge is -2.12. The Morgan fingerprint density at radius 3 is 2.67 bits per heavy atom. The van der Waals surface area contributed by atoms with Crippen LogP contribution in [-0.2, 0) is 17.5 Å². The smallest absolute Gasteiger partial charge is 0.325 e. The molecule has 27 heavy (non-hydrogen) atoms. The molecule has 3 aromatic rings. The van der Waals surface area contributed by atoms with Crippen molar-refractivity contribution in [1.29, 1.82) is 0 Å². The number of amides is 1. The average Bonchev–Trinajstić information content (AvgIpc) is 2.59. The summed E-state index contributed by atoms with van der Waals surface area (Å²) in [4.78, 5) is 28.7. The van der Waals surface area contributed by atoms with Gasteiger partial charge in [-0.2, -0.15) is 13.2 Å². The van der Waals surface area contributed by atoms with Crippen LogP contribution in [0, 0.1) is 12.7 Å². The molecule has 0 saturated carbocycles. The standard InChI is InChI=1S/C18H13F4N3O2/c1-10-3-2-4-12-16(10)23-9-25(17(12)27)8-15(26)24-11-5-6-14(19)13(7-11)18(20,21)22/h2-7,9H,8H2,1H3,(H,24,26). The maximum atomic E-state index is 13.3. The van der Waals surface area contributed by atoms with Crippen molar-refractivity contribution in [2.24, 2.45) is 0 Å². The van der Waals surface area contributed by atoms with Gasteiger partial charge in [-0.05, 0) is 36.8 Å². The minimum atomic E-state index is -4.89. The predicted octanol–water partition coefficient (Wildman–Crippen LogP) is 3.50. The number of carbonyl (C=O) groups is 1. The highest BCUT2D eigenvalue weighted by atomic mass is 19.4. The Morgan fingerprint density at radius 2 is 1.96 bits per heavy atom. The van der Waals surface area contributed by atoms with E-state index in [1.807, 2.05) is 0 Å². The molecule has 0 unspecified atom stereocenters. The van der Waals surface area contributed by atoms with E-state index in [1.165, 1.54) is 6.33 Å². The van der Waals surface area contributed by atoms with Gasteiger partial charge in [-0.3, -0.25) is 14.2 Å². The Hall–Kier alpha value is -3.23. The molecule has 0 bridgehead atoms. The van der Waals surface area contributed by atoms with Gasteiger partial charge < -0.3 is 5.32 Å². The molecule has 0 aliphatic rings.